The molecule has 180 valence electrons. The van der Waals surface area contributed by atoms with E-state index in [1.54, 1.807) is 19.1 Å². The Labute approximate surface area is 199 Å². The monoisotopic (exact) mass is 466 g/mol. The van der Waals surface area contributed by atoms with E-state index in [9.17, 15) is 14.0 Å². The van der Waals surface area contributed by atoms with Crippen LogP contribution in [0.1, 0.15) is 31.0 Å². The molecule has 2 aromatic rings. The minimum atomic E-state index is -0.714. The maximum absolute atomic E-state index is 13.5. The van der Waals surface area contributed by atoms with Gasteiger partial charge in [-0.3, -0.25) is 4.90 Å². The Hall–Kier alpha value is -3.39. The normalized spacial score (nSPS) is 21.2. The third-order valence-electron chi connectivity index (χ3n) is 6.28. The summed E-state index contributed by atoms with van der Waals surface area (Å²) in [6, 6.07) is 13.4. The number of nitrogens with zero attached hydrogens (tertiary/aromatic N) is 2. The number of hydrogen-bond acceptors (Lipinski definition) is 5. The van der Waals surface area contributed by atoms with Crippen molar-refractivity contribution in [2.45, 2.75) is 32.9 Å². The van der Waals surface area contributed by atoms with Gasteiger partial charge in [-0.05, 0) is 56.2 Å². The summed E-state index contributed by atoms with van der Waals surface area (Å²) in [6.07, 6.45) is 0. The molecule has 34 heavy (non-hydrogen) atoms. The van der Waals surface area contributed by atoms with Crippen molar-refractivity contribution in [1.82, 2.24) is 15.5 Å². The molecule has 8 heteroatoms. The summed E-state index contributed by atoms with van der Waals surface area (Å²) in [4.78, 5) is 30.1. The number of esters is 1. The molecule has 1 fully saturated rings. The zero-order chi connectivity index (χ0) is 24.2. The molecule has 2 unspecified atom stereocenters. The number of benzene rings is 2. The zero-order valence-electron chi connectivity index (χ0n) is 19.8. The Balaban J connectivity index is 1.58. The molecule has 1 saturated heterocycles. The Bertz CT molecular complexity index is 1090. The SMILES string of the molecule is CCOC(=O)C1=C(CN2CCN(c3cccc(C)c3)C(C)C2)NC(=O)NC1c1ccc(F)cc1. The summed E-state index contributed by atoms with van der Waals surface area (Å²) in [5.74, 6) is -0.878. The minimum absolute atomic E-state index is 0.214. The van der Waals surface area contributed by atoms with Crippen LogP contribution >= 0.6 is 0 Å². The van der Waals surface area contributed by atoms with E-state index in [0.717, 1.165) is 19.6 Å². The lowest BCUT2D eigenvalue weighted by molar-refractivity contribution is -0.139. The van der Waals surface area contributed by atoms with Crippen LogP contribution in [-0.4, -0.2) is 55.7 Å². The van der Waals surface area contributed by atoms with E-state index in [-0.39, 0.29) is 18.5 Å². The van der Waals surface area contributed by atoms with Crippen LogP contribution in [0.5, 0.6) is 0 Å². The van der Waals surface area contributed by atoms with Gasteiger partial charge in [0.25, 0.3) is 0 Å². The minimum Gasteiger partial charge on any atom is -0.463 e. The lowest BCUT2D eigenvalue weighted by Crippen LogP contribution is -2.54. The van der Waals surface area contributed by atoms with Crippen LogP contribution < -0.4 is 15.5 Å². The molecule has 4 rings (SSSR count). The van der Waals surface area contributed by atoms with Gasteiger partial charge >= 0.3 is 12.0 Å². The van der Waals surface area contributed by atoms with E-state index in [1.165, 1.54) is 23.4 Å². The van der Waals surface area contributed by atoms with Gasteiger partial charge in [-0.1, -0.05) is 24.3 Å². The maximum atomic E-state index is 13.5. The van der Waals surface area contributed by atoms with Crippen LogP contribution in [0.2, 0.25) is 0 Å². The number of halogens is 1. The van der Waals surface area contributed by atoms with E-state index < -0.39 is 18.0 Å². The lowest BCUT2D eigenvalue weighted by atomic mass is 9.94. The molecule has 2 aromatic carbocycles. The number of hydrogen-bond donors (Lipinski definition) is 2. The van der Waals surface area contributed by atoms with Gasteiger partial charge in [0.15, 0.2) is 0 Å². The Morgan fingerprint density at radius 1 is 1.18 bits per heavy atom. The summed E-state index contributed by atoms with van der Waals surface area (Å²) >= 11 is 0. The second kappa shape index (κ2) is 10.3. The van der Waals surface area contributed by atoms with E-state index in [1.807, 2.05) is 0 Å². The van der Waals surface area contributed by atoms with Gasteiger partial charge in [0, 0.05) is 43.6 Å². The molecule has 7 nitrogen and oxygen atoms in total. The fraction of sp³-hybridized carbons (Fsp3) is 0.385. The van der Waals surface area contributed by atoms with Crippen molar-refractivity contribution < 1.29 is 18.7 Å². The van der Waals surface area contributed by atoms with Crippen LogP contribution in [-0.2, 0) is 9.53 Å². The van der Waals surface area contributed by atoms with E-state index in [2.05, 4.69) is 58.5 Å². The van der Waals surface area contributed by atoms with Crippen molar-refractivity contribution in [3.05, 3.63) is 76.7 Å². The maximum Gasteiger partial charge on any atom is 0.338 e. The number of carbonyl (C=O) groups excluding carboxylic acids is 2. The number of piperazine rings is 1. The molecular weight excluding hydrogens is 435 g/mol. The summed E-state index contributed by atoms with van der Waals surface area (Å²) in [6.45, 7) is 9.02. The number of anilines is 1. The van der Waals surface area contributed by atoms with Crippen molar-refractivity contribution in [3.63, 3.8) is 0 Å². The Kier molecular flexibility index (Phi) is 7.17. The van der Waals surface area contributed by atoms with Gasteiger partial charge in [-0.25, -0.2) is 14.0 Å². The van der Waals surface area contributed by atoms with Crippen LogP contribution in [0.3, 0.4) is 0 Å². The molecule has 0 aromatic heterocycles. The first-order valence-electron chi connectivity index (χ1n) is 11.6. The van der Waals surface area contributed by atoms with Gasteiger partial charge in [0.2, 0.25) is 0 Å². The molecule has 2 amide bonds. The fourth-order valence-electron chi connectivity index (χ4n) is 4.69. The number of urea groups is 1. The molecule has 2 N–H and O–H groups in total. The molecule has 0 spiro atoms. The Morgan fingerprint density at radius 3 is 2.62 bits per heavy atom. The first kappa shape index (κ1) is 23.8. The second-order valence-electron chi connectivity index (χ2n) is 8.81. The quantitative estimate of drug-likeness (QED) is 0.638. The standard InChI is InChI=1S/C26H31FN4O3/c1-4-34-25(32)23-22(28-26(33)29-24(23)19-8-10-20(27)11-9-19)16-30-12-13-31(18(3)15-30)21-7-5-6-17(2)14-21/h5-11,14,18,24H,4,12-13,15-16H2,1-3H3,(H2,28,29,33). The third-order valence-corrected chi connectivity index (χ3v) is 6.28. The van der Waals surface area contributed by atoms with Crippen LogP contribution in [0.15, 0.2) is 59.8 Å². The molecule has 0 bridgehead atoms. The number of amides is 2. The summed E-state index contributed by atoms with van der Waals surface area (Å²) in [7, 11) is 0. The molecule has 2 heterocycles. The van der Waals surface area contributed by atoms with Gasteiger partial charge in [0.1, 0.15) is 5.82 Å². The highest BCUT2D eigenvalue weighted by Gasteiger charge is 2.35. The van der Waals surface area contributed by atoms with E-state index in [0.29, 0.717) is 23.4 Å². The molecule has 0 radical (unpaired) electrons. The summed E-state index contributed by atoms with van der Waals surface area (Å²) in [5.41, 5.74) is 3.91. The molecule has 2 aliphatic rings. The van der Waals surface area contributed by atoms with Gasteiger partial charge in [0.05, 0.1) is 18.2 Å². The van der Waals surface area contributed by atoms with E-state index in [4.69, 9.17) is 4.74 Å². The highest BCUT2D eigenvalue weighted by molar-refractivity contribution is 5.95. The second-order valence-corrected chi connectivity index (χ2v) is 8.81. The van der Waals surface area contributed by atoms with Crippen LogP contribution in [0.4, 0.5) is 14.9 Å². The number of carbonyl (C=O) groups is 2. The lowest BCUT2D eigenvalue weighted by Gasteiger charge is -2.42. The molecular formula is C26H31FN4O3. The zero-order valence-corrected chi connectivity index (χ0v) is 19.8. The van der Waals surface area contributed by atoms with Crippen molar-refractivity contribution >= 4 is 17.7 Å². The van der Waals surface area contributed by atoms with Crippen LogP contribution in [0, 0.1) is 12.7 Å². The van der Waals surface area contributed by atoms with Crippen molar-refractivity contribution in [1.29, 1.82) is 0 Å². The number of rotatable bonds is 6. The van der Waals surface area contributed by atoms with Crippen molar-refractivity contribution in [2.24, 2.45) is 0 Å². The van der Waals surface area contributed by atoms with Gasteiger partial charge in [-0.2, -0.15) is 0 Å². The first-order valence-corrected chi connectivity index (χ1v) is 11.6. The van der Waals surface area contributed by atoms with Gasteiger partial charge in [-0.15, -0.1) is 0 Å². The van der Waals surface area contributed by atoms with Crippen molar-refractivity contribution in [3.8, 4) is 0 Å². The molecule has 2 atom stereocenters. The highest BCUT2D eigenvalue weighted by Crippen LogP contribution is 2.29. The summed E-state index contributed by atoms with van der Waals surface area (Å²) in [5, 5.41) is 5.62. The van der Waals surface area contributed by atoms with E-state index >= 15 is 0 Å². The fourth-order valence-corrected chi connectivity index (χ4v) is 4.69. The topological polar surface area (TPSA) is 73.9 Å². The number of nitrogens with one attached hydrogen (secondary N) is 2. The number of ether oxygens (including phenoxy) is 1. The van der Waals surface area contributed by atoms with Crippen molar-refractivity contribution in [2.75, 3.05) is 37.7 Å². The molecule has 0 saturated carbocycles. The Morgan fingerprint density at radius 2 is 1.94 bits per heavy atom. The van der Waals surface area contributed by atoms with Crippen LogP contribution in [0.25, 0.3) is 0 Å². The smallest absolute Gasteiger partial charge is 0.338 e. The summed E-state index contributed by atoms with van der Waals surface area (Å²) < 4.78 is 18.8. The largest absolute Gasteiger partial charge is 0.463 e. The molecule has 2 aliphatic heterocycles. The predicted octanol–water partition coefficient (Wildman–Crippen LogP) is 3.52. The average Bonchev–Trinajstić information content (AvgIpc) is 2.79. The predicted molar refractivity (Wildman–Crippen MR) is 129 cm³/mol. The average molecular weight is 467 g/mol. The molecule has 0 aliphatic carbocycles. The first-order chi connectivity index (χ1) is 16.4. The third kappa shape index (κ3) is 5.22. The highest BCUT2D eigenvalue weighted by atomic mass is 19.1. The number of aryl methyl sites for hydroxylation is 1. The van der Waals surface area contributed by atoms with Gasteiger partial charge < -0.3 is 20.3 Å².